The van der Waals surface area contributed by atoms with Crippen LogP contribution in [0.15, 0.2) is 6.07 Å². The Labute approximate surface area is 140 Å². The molecule has 2 aromatic rings. The summed E-state index contributed by atoms with van der Waals surface area (Å²) in [6.45, 7) is 7.47. The standard InChI is InChI=1S/C16H23N5O3/c1-6-8(2)14(16(23)24)17-15(22)12-7-11(18-19-12)13-9(3)20-21(5)10(13)4/h7-8,14H,6H2,1-5H3,(H,17,22)(H,18,19)(H,23,24)/t8-,14-/m0/s1. The number of carboxylic acid groups (broad SMARTS) is 1. The first kappa shape index (κ1) is 17.7. The maximum absolute atomic E-state index is 12.3. The highest BCUT2D eigenvalue weighted by atomic mass is 16.4. The van der Waals surface area contributed by atoms with Gasteiger partial charge in [-0.2, -0.15) is 10.2 Å². The summed E-state index contributed by atoms with van der Waals surface area (Å²) < 4.78 is 1.75. The van der Waals surface area contributed by atoms with Crippen molar-refractivity contribution in [3.8, 4) is 11.3 Å². The molecular weight excluding hydrogens is 310 g/mol. The molecule has 0 saturated heterocycles. The van der Waals surface area contributed by atoms with Crippen LogP contribution < -0.4 is 5.32 Å². The largest absolute Gasteiger partial charge is 0.480 e. The van der Waals surface area contributed by atoms with Gasteiger partial charge in [-0.25, -0.2) is 4.79 Å². The summed E-state index contributed by atoms with van der Waals surface area (Å²) in [7, 11) is 1.84. The van der Waals surface area contributed by atoms with Crippen LogP contribution in [0.4, 0.5) is 0 Å². The average Bonchev–Trinajstić information content (AvgIpc) is 3.09. The third-order valence-corrected chi connectivity index (χ3v) is 4.35. The fourth-order valence-corrected chi connectivity index (χ4v) is 2.61. The van der Waals surface area contributed by atoms with Crippen molar-refractivity contribution in [2.45, 2.75) is 40.2 Å². The average molecular weight is 333 g/mol. The highest BCUT2D eigenvalue weighted by Gasteiger charge is 2.26. The molecule has 1 amide bonds. The van der Waals surface area contributed by atoms with Crippen LogP contribution in [0.2, 0.25) is 0 Å². The van der Waals surface area contributed by atoms with Gasteiger partial charge in [-0.3, -0.25) is 14.6 Å². The number of aromatic nitrogens is 4. The molecule has 0 aliphatic carbocycles. The zero-order valence-corrected chi connectivity index (χ0v) is 14.5. The minimum atomic E-state index is -1.05. The summed E-state index contributed by atoms with van der Waals surface area (Å²) in [5, 5.41) is 23.0. The Hall–Kier alpha value is -2.64. The molecule has 8 nitrogen and oxygen atoms in total. The van der Waals surface area contributed by atoms with Crippen molar-refractivity contribution < 1.29 is 14.7 Å². The zero-order chi connectivity index (χ0) is 18.0. The molecular formula is C16H23N5O3. The number of aryl methyl sites for hydroxylation is 2. The molecule has 2 rings (SSSR count). The number of amides is 1. The molecule has 3 N–H and O–H groups in total. The molecule has 2 aromatic heterocycles. The Morgan fingerprint density at radius 3 is 2.58 bits per heavy atom. The fourth-order valence-electron chi connectivity index (χ4n) is 2.61. The smallest absolute Gasteiger partial charge is 0.326 e. The summed E-state index contributed by atoms with van der Waals surface area (Å²) >= 11 is 0. The van der Waals surface area contributed by atoms with Gasteiger partial charge in [0.05, 0.1) is 11.4 Å². The Bertz CT molecular complexity index is 762. The predicted octanol–water partition coefficient (Wildman–Crippen LogP) is 1.66. The molecule has 0 aliphatic heterocycles. The highest BCUT2D eigenvalue weighted by molar-refractivity contribution is 5.96. The summed E-state index contributed by atoms with van der Waals surface area (Å²) in [6.07, 6.45) is 0.652. The van der Waals surface area contributed by atoms with Gasteiger partial charge in [-0.15, -0.1) is 0 Å². The number of hydrogen-bond donors (Lipinski definition) is 3. The first-order chi connectivity index (χ1) is 11.3. The van der Waals surface area contributed by atoms with Gasteiger partial charge in [0.2, 0.25) is 0 Å². The molecule has 2 heterocycles. The second kappa shape index (κ2) is 6.86. The topological polar surface area (TPSA) is 113 Å². The second-order valence-electron chi connectivity index (χ2n) is 6.01. The Morgan fingerprint density at radius 2 is 2.08 bits per heavy atom. The van der Waals surface area contributed by atoms with E-state index in [1.54, 1.807) is 17.7 Å². The molecule has 0 bridgehead atoms. The number of carbonyl (C=O) groups is 2. The third-order valence-electron chi connectivity index (χ3n) is 4.35. The number of aliphatic carboxylic acids is 1. The Balaban J connectivity index is 2.24. The number of rotatable bonds is 6. The van der Waals surface area contributed by atoms with Gasteiger partial charge >= 0.3 is 5.97 Å². The van der Waals surface area contributed by atoms with Crippen LogP contribution in [0.25, 0.3) is 11.3 Å². The molecule has 0 fully saturated rings. The molecule has 0 aliphatic rings. The van der Waals surface area contributed by atoms with E-state index in [0.29, 0.717) is 12.1 Å². The number of nitrogens with zero attached hydrogens (tertiary/aromatic N) is 3. The number of hydrogen-bond acceptors (Lipinski definition) is 4. The highest BCUT2D eigenvalue weighted by Crippen LogP contribution is 2.25. The SMILES string of the molecule is CC[C@H](C)[C@H](NC(=O)c1cc(-c2c(C)nn(C)c2C)n[nH]1)C(=O)O. The van der Waals surface area contributed by atoms with Crippen molar-refractivity contribution in [3.63, 3.8) is 0 Å². The maximum Gasteiger partial charge on any atom is 0.326 e. The number of H-pyrrole nitrogens is 1. The number of aromatic amines is 1. The van der Waals surface area contributed by atoms with E-state index >= 15 is 0 Å². The lowest BCUT2D eigenvalue weighted by Crippen LogP contribution is -2.45. The molecule has 8 heteroatoms. The van der Waals surface area contributed by atoms with Gasteiger partial charge in [0.1, 0.15) is 11.7 Å². The number of nitrogens with one attached hydrogen (secondary N) is 2. The minimum absolute atomic E-state index is 0.170. The van der Waals surface area contributed by atoms with E-state index in [4.69, 9.17) is 0 Å². The lowest BCUT2D eigenvalue weighted by Gasteiger charge is -2.19. The maximum atomic E-state index is 12.3. The van der Waals surface area contributed by atoms with Gasteiger partial charge in [0.15, 0.2) is 0 Å². The third kappa shape index (κ3) is 3.32. The molecule has 130 valence electrons. The summed E-state index contributed by atoms with van der Waals surface area (Å²) in [5.74, 6) is -1.70. The summed E-state index contributed by atoms with van der Waals surface area (Å²) in [5.41, 5.74) is 3.45. The molecule has 0 radical (unpaired) electrons. The van der Waals surface area contributed by atoms with Crippen molar-refractivity contribution in [1.29, 1.82) is 0 Å². The molecule has 24 heavy (non-hydrogen) atoms. The van der Waals surface area contributed by atoms with Gasteiger partial charge < -0.3 is 10.4 Å². The Morgan fingerprint density at radius 1 is 1.42 bits per heavy atom. The van der Waals surface area contributed by atoms with E-state index in [-0.39, 0.29) is 11.6 Å². The van der Waals surface area contributed by atoms with Crippen LogP contribution in [-0.2, 0) is 11.8 Å². The molecule has 0 spiro atoms. The van der Waals surface area contributed by atoms with Crippen molar-refractivity contribution in [2.75, 3.05) is 0 Å². The van der Waals surface area contributed by atoms with E-state index < -0.39 is 17.9 Å². The fraction of sp³-hybridized carbons (Fsp3) is 0.500. The van der Waals surface area contributed by atoms with Crippen molar-refractivity contribution in [2.24, 2.45) is 13.0 Å². The van der Waals surface area contributed by atoms with Crippen LogP contribution in [0.5, 0.6) is 0 Å². The van der Waals surface area contributed by atoms with E-state index in [1.807, 2.05) is 27.8 Å². The van der Waals surface area contributed by atoms with Crippen LogP contribution in [0.3, 0.4) is 0 Å². The van der Waals surface area contributed by atoms with E-state index in [1.165, 1.54) is 0 Å². The lowest BCUT2D eigenvalue weighted by atomic mass is 9.99. The van der Waals surface area contributed by atoms with E-state index in [9.17, 15) is 14.7 Å². The monoisotopic (exact) mass is 333 g/mol. The minimum Gasteiger partial charge on any atom is -0.480 e. The molecule has 2 atom stereocenters. The summed E-state index contributed by atoms with van der Waals surface area (Å²) in [6, 6.07) is 0.679. The zero-order valence-electron chi connectivity index (χ0n) is 14.5. The van der Waals surface area contributed by atoms with E-state index in [0.717, 1.165) is 17.0 Å². The molecule has 0 saturated carbocycles. The van der Waals surface area contributed by atoms with Crippen molar-refractivity contribution in [3.05, 3.63) is 23.1 Å². The Kier molecular flexibility index (Phi) is 5.06. The first-order valence-corrected chi connectivity index (χ1v) is 7.85. The van der Waals surface area contributed by atoms with Crippen LogP contribution in [-0.4, -0.2) is 43.0 Å². The molecule has 0 aromatic carbocycles. The normalized spacial score (nSPS) is 13.5. The number of carbonyl (C=O) groups excluding carboxylic acids is 1. The van der Waals surface area contributed by atoms with E-state index in [2.05, 4.69) is 20.6 Å². The second-order valence-corrected chi connectivity index (χ2v) is 6.01. The van der Waals surface area contributed by atoms with Crippen molar-refractivity contribution in [1.82, 2.24) is 25.3 Å². The number of carboxylic acids is 1. The first-order valence-electron chi connectivity index (χ1n) is 7.85. The van der Waals surface area contributed by atoms with Gasteiger partial charge in [0, 0.05) is 18.3 Å². The van der Waals surface area contributed by atoms with Crippen LogP contribution in [0.1, 0.15) is 42.1 Å². The van der Waals surface area contributed by atoms with Crippen LogP contribution >= 0.6 is 0 Å². The quantitative estimate of drug-likeness (QED) is 0.744. The lowest BCUT2D eigenvalue weighted by molar-refractivity contribution is -0.140. The summed E-state index contributed by atoms with van der Waals surface area (Å²) in [4.78, 5) is 23.7. The van der Waals surface area contributed by atoms with Crippen molar-refractivity contribution >= 4 is 11.9 Å². The van der Waals surface area contributed by atoms with Gasteiger partial charge in [0.25, 0.3) is 5.91 Å². The molecule has 0 unspecified atom stereocenters. The van der Waals surface area contributed by atoms with Crippen LogP contribution in [0, 0.1) is 19.8 Å². The predicted molar refractivity (Wildman–Crippen MR) is 88.6 cm³/mol. The van der Waals surface area contributed by atoms with Gasteiger partial charge in [-0.1, -0.05) is 20.3 Å². The van der Waals surface area contributed by atoms with Gasteiger partial charge in [-0.05, 0) is 25.8 Å².